The fraction of sp³-hybridized carbons (Fsp3) is 0.636. The molecule has 1 aliphatic carbocycles. The fourth-order valence-electron chi connectivity index (χ4n) is 2.32. The summed E-state index contributed by atoms with van der Waals surface area (Å²) in [6.07, 6.45) is 8.63. The summed E-state index contributed by atoms with van der Waals surface area (Å²) >= 11 is 0. The van der Waals surface area contributed by atoms with Gasteiger partial charge in [0.05, 0.1) is 24.5 Å². The average molecular weight is 237 g/mol. The lowest BCUT2D eigenvalue weighted by atomic mass is 9.82. The molecule has 6 heteroatoms. The van der Waals surface area contributed by atoms with Crippen molar-refractivity contribution in [1.29, 1.82) is 0 Å². The number of aliphatic hydroxyl groups excluding tert-OH is 1. The van der Waals surface area contributed by atoms with Gasteiger partial charge in [-0.15, -0.1) is 0 Å². The second-order valence-electron chi connectivity index (χ2n) is 4.56. The van der Waals surface area contributed by atoms with Crippen LogP contribution in [0.5, 0.6) is 0 Å². The van der Waals surface area contributed by atoms with Crippen LogP contribution in [0.25, 0.3) is 0 Å². The van der Waals surface area contributed by atoms with E-state index in [1.165, 1.54) is 6.42 Å². The van der Waals surface area contributed by atoms with Crippen LogP contribution in [0.4, 0.5) is 11.6 Å². The van der Waals surface area contributed by atoms with Gasteiger partial charge in [-0.25, -0.2) is 10.8 Å². The molecule has 0 bridgehead atoms. The van der Waals surface area contributed by atoms with Crippen LogP contribution in [0.3, 0.4) is 0 Å². The maximum Gasteiger partial charge on any atom is 0.160 e. The van der Waals surface area contributed by atoms with Crippen LogP contribution < -0.4 is 16.6 Å². The number of nitrogens with two attached hydrogens (primary N) is 1. The Balaban J connectivity index is 2.11. The van der Waals surface area contributed by atoms with E-state index in [0.29, 0.717) is 11.6 Å². The molecule has 1 saturated carbocycles. The molecule has 0 aromatic carbocycles. The Morgan fingerprint density at radius 3 is 2.59 bits per heavy atom. The number of hydrazine groups is 1. The van der Waals surface area contributed by atoms with Crippen molar-refractivity contribution in [3.63, 3.8) is 0 Å². The van der Waals surface area contributed by atoms with E-state index in [1.807, 2.05) is 0 Å². The summed E-state index contributed by atoms with van der Waals surface area (Å²) in [6, 6.07) is 0. The molecule has 17 heavy (non-hydrogen) atoms. The number of hydrogen-bond donors (Lipinski definition) is 4. The maximum atomic E-state index is 9.58. The van der Waals surface area contributed by atoms with Gasteiger partial charge in [0, 0.05) is 0 Å². The minimum atomic E-state index is -0.250. The van der Waals surface area contributed by atoms with Crippen molar-refractivity contribution in [1.82, 2.24) is 9.97 Å². The Kier molecular flexibility index (Phi) is 3.75. The van der Waals surface area contributed by atoms with Crippen LogP contribution in [0, 0.1) is 0 Å². The second-order valence-corrected chi connectivity index (χ2v) is 4.56. The van der Waals surface area contributed by atoms with Gasteiger partial charge in [0.2, 0.25) is 0 Å². The minimum absolute atomic E-state index is 0.120. The molecule has 1 aliphatic rings. The number of nitrogen functional groups attached to an aromatic ring is 1. The number of aliphatic hydroxyl groups is 1. The van der Waals surface area contributed by atoms with E-state index in [4.69, 9.17) is 5.84 Å². The van der Waals surface area contributed by atoms with Crippen LogP contribution in [0.1, 0.15) is 32.1 Å². The monoisotopic (exact) mass is 237 g/mol. The van der Waals surface area contributed by atoms with Crippen molar-refractivity contribution in [2.75, 3.05) is 17.3 Å². The van der Waals surface area contributed by atoms with Gasteiger partial charge in [0.15, 0.2) is 5.82 Å². The zero-order valence-corrected chi connectivity index (χ0v) is 9.82. The summed E-state index contributed by atoms with van der Waals surface area (Å²) in [7, 11) is 0. The smallest absolute Gasteiger partial charge is 0.160 e. The SMILES string of the molecule is NNc1cncc(NC2(CO)CCCCC2)n1. The molecule has 1 fully saturated rings. The van der Waals surface area contributed by atoms with E-state index in [0.717, 1.165) is 25.7 Å². The average Bonchev–Trinajstić information content (AvgIpc) is 2.40. The lowest BCUT2D eigenvalue weighted by Crippen LogP contribution is -2.44. The van der Waals surface area contributed by atoms with E-state index in [2.05, 4.69) is 20.7 Å². The van der Waals surface area contributed by atoms with Crippen molar-refractivity contribution in [3.8, 4) is 0 Å². The van der Waals surface area contributed by atoms with E-state index in [9.17, 15) is 5.11 Å². The van der Waals surface area contributed by atoms with Gasteiger partial charge in [0.25, 0.3) is 0 Å². The Morgan fingerprint density at radius 2 is 1.94 bits per heavy atom. The van der Waals surface area contributed by atoms with E-state index in [-0.39, 0.29) is 12.1 Å². The lowest BCUT2D eigenvalue weighted by Gasteiger charge is -2.36. The molecule has 0 saturated heterocycles. The third kappa shape index (κ3) is 2.83. The van der Waals surface area contributed by atoms with E-state index in [1.54, 1.807) is 12.4 Å². The normalized spacial score (nSPS) is 18.7. The zero-order chi connectivity index (χ0) is 12.1. The Morgan fingerprint density at radius 1 is 1.24 bits per heavy atom. The Labute approximate surface area is 101 Å². The van der Waals surface area contributed by atoms with Crippen LogP contribution in [0.2, 0.25) is 0 Å². The molecule has 1 aromatic heterocycles. The van der Waals surface area contributed by atoms with E-state index >= 15 is 0 Å². The number of nitrogens with zero attached hydrogens (tertiary/aromatic N) is 2. The summed E-state index contributed by atoms with van der Waals surface area (Å²) in [5, 5.41) is 12.9. The lowest BCUT2D eigenvalue weighted by molar-refractivity contribution is 0.172. The third-order valence-electron chi connectivity index (χ3n) is 3.29. The standard InChI is InChI=1S/C11H19N5O/c12-16-10-7-13-6-9(14-10)15-11(8-17)4-2-1-3-5-11/h6-7,17H,1-5,8,12H2,(H2,14,15,16). The van der Waals surface area contributed by atoms with Crippen LogP contribution in [0.15, 0.2) is 12.4 Å². The van der Waals surface area contributed by atoms with Crippen LogP contribution in [-0.2, 0) is 0 Å². The first-order valence-corrected chi connectivity index (χ1v) is 5.96. The predicted molar refractivity (Wildman–Crippen MR) is 66.4 cm³/mol. The summed E-state index contributed by atoms with van der Waals surface area (Å²) in [5.41, 5.74) is 2.21. The number of rotatable bonds is 4. The van der Waals surface area contributed by atoms with Gasteiger partial charge >= 0.3 is 0 Å². The third-order valence-corrected chi connectivity index (χ3v) is 3.29. The van der Waals surface area contributed by atoms with Gasteiger partial charge in [-0.3, -0.25) is 4.98 Å². The molecule has 0 aliphatic heterocycles. The van der Waals surface area contributed by atoms with Crippen molar-refractivity contribution in [3.05, 3.63) is 12.4 Å². The molecule has 0 atom stereocenters. The highest BCUT2D eigenvalue weighted by Crippen LogP contribution is 2.30. The highest BCUT2D eigenvalue weighted by atomic mass is 16.3. The fourth-order valence-corrected chi connectivity index (χ4v) is 2.32. The molecular formula is C11H19N5O. The molecule has 2 rings (SSSR count). The van der Waals surface area contributed by atoms with Crippen LogP contribution >= 0.6 is 0 Å². The molecule has 0 unspecified atom stereocenters. The van der Waals surface area contributed by atoms with E-state index < -0.39 is 0 Å². The minimum Gasteiger partial charge on any atom is -0.394 e. The van der Waals surface area contributed by atoms with Crippen molar-refractivity contribution < 1.29 is 5.11 Å². The topological polar surface area (TPSA) is 96.1 Å². The van der Waals surface area contributed by atoms with Gasteiger partial charge in [-0.05, 0) is 12.8 Å². The van der Waals surface area contributed by atoms with Gasteiger partial charge in [-0.2, -0.15) is 0 Å². The van der Waals surface area contributed by atoms with Gasteiger partial charge in [0.1, 0.15) is 5.82 Å². The summed E-state index contributed by atoms with van der Waals surface area (Å²) in [5.74, 6) is 6.45. The van der Waals surface area contributed by atoms with Crippen LogP contribution in [-0.4, -0.2) is 27.2 Å². The first-order chi connectivity index (χ1) is 8.28. The van der Waals surface area contributed by atoms with Crippen molar-refractivity contribution in [2.45, 2.75) is 37.6 Å². The number of hydrogen-bond acceptors (Lipinski definition) is 6. The molecule has 5 N–H and O–H groups in total. The molecule has 94 valence electrons. The number of nitrogens with one attached hydrogen (secondary N) is 2. The predicted octanol–water partition coefficient (Wildman–Crippen LogP) is 0.869. The molecule has 6 nitrogen and oxygen atoms in total. The van der Waals surface area contributed by atoms with Gasteiger partial charge in [-0.1, -0.05) is 19.3 Å². The molecule has 0 radical (unpaired) electrons. The first-order valence-electron chi connectivity index (χ1n) is 5.96. The Hall–Kier alpha value is -1.40. The van der Waals surface area contributed by atoms with Crippen molar-refractivity contribution in [2.24, 2.45) is 5.84 Å². The van der Waals surface area contributed by atoms with Gasteiger partial charge < -0.3 is 15.8 Å². The summed E-state index contributed by atoms with van der Waals surface area (Å²) in [4.78, 5) is 8.29. The maximum absolute atomic E-state index is 9.58. The molecule has 0 spiro atoms. The largest absolute Gasteiger partial charge is 0.394 e. The molecule has 1 heterocycles. The van der Waals surface area contributed by atoms with Crippen molar-refractivity contribution >= 4 is 11.6 Å². The molecule has 0 amide bonds. The zero-order valence-electron chi connectivity index (χ0n) is 9.82. The first kappa shape index (κ1) is 12.1. The molecule has 1 aromatic rings. The highest BCUT2D eigenvalue weighted by molar-refractivity contribution is 5.42. The summed E-state index contributed by atoms with van der Waals surface area (Å²) in [6.45, 7) is 0.120. The summed E-state index contributed by atoms with van der Waals surface area (Å²) < 4.78 is 0. The second kappa shape index (κ2) is 5.29. The number of anilines is 2. The highest BCUT2D eigenvalue weighted by Gasteiger charge is 2.31. The molecular weight excluding hydrogens is 218 g/mol. The number of aromatic nitrogens is 2. The Bertz CT molecular complexity index is 365. The quantitative estimate of drug-likeness (QED) is 0.458.